The van der Waals surface area contributed by atoms with E-state index in [4.69, 9.17) is 25.9 Å². The summed E-state index contributed by atoms with van der Waals surface area (Å²) in [7, 11) is 3.21. The number of aromatic nitrogens is 3. The second kappa shape index (κ2) is 13.7. The molecule has 4 amide bonds. The third-order valence-electron chi connectivity index (χ3n) is 13.7. The second-order valence-corrected chi connectivity index (χ2v) is 18.3. The lowest BCUT2D eigenvalue weighted by Gasteiger charge is -2.49. The Morgan fingerprint density at radius 2 is 1.71 bits per heavy atom. The Balaban J connectivity index is 0.973. The van der Waals surface area contributed by atoms with Crippen molar-refractivity contribution in [3.63, 3.8) is 0 Å². The molecule has 310 valence electrons. The first-order valence-corrected chi connectivity index (χ1v) is 21.6. The summed E-state index contributed by atoms with van der Waals surface area (Å²) in [6.07, 6.45) is 2.37. The van der Waals surface area contributed by atoms with Crippen LogP contribution in [-0.2, 0) is 26.2 Å². The number of benzene rings is 4. The maximum atomic E-state index is 15.2. The van der Waals surface area contributed by atoms with Crippen molar-refractivity contribution in [2.24, 2.45) is 36.1 Å². The number of aryl methyl sites for hydroxylation is 2. The molecule has 4 aromatic carbocycles. The number of carbonyl (C=O) groups excluding carboxylic acids is 4. The van der Waals surface area contributed by atoms with Crippen LogP contribution in [0.3, 0.4) is 0 Å². The molecule has 2 aliphatic carbocycles. The lowest BCUT2D eigenvalue weighted by Crippen LogP contribution is -2.49. The molecule has 2 saturated heterocycles. The fourth-order valence-electron chi connectivity index (χ4n) is 10.7. The molecule has 1 N–H and O–H groups in total. The van der Waals surface area contributed by atoms with Crippen LogP contribution in [0, 0.1) is 36.0 Å². The predicted octanol–water partition coefficient (Wildman–Crippen LogP) is 9.22. The smallest absolute Gasteiger partial charge is 0.242 e. The minimum absolute atomic E-state index is 0.102. The summed E-state index contributed by atoms with van der Waals surface area (Å²) in [5.74, 6) is -4.25. The molecule has 0 radical (unpaired) electrons. The number of fused-ring (bicyclic) bond motifs is 6. The largest absolute Gasteiger partial charge is 0.508 e. The molecule has 2 aliphatic heterocycles. The molecule has 62 heavy (non-hydrogen) atoms. The van der Waals surface area contributed by atoms with Gasteiger partial charge in [0.15, 0.2) is 5.58 Å². The highest BCUT2D eigenvalue weighted by atomic mass is 35.5. The minimum Gasteiger partial charge on any atom is -0.508 e. The number of carbonyl (C=O) groups is 4. The van der Waals surface area contributed by atoms with Crippen LogP contribution in [0.2, 0.25) is 5.02 Å². The highest BCUT2D eigenvalue weighted by Crippen LogP contribution is 2.64. The number of hydrogen-bond acceptors (Lipinski definition) is 10. The van der Waals surface area contributed by atoms with Gasteiger partial charge in [-0.2, -0.15) is 5.10 Å². The lowest BCUT2D eigenvalue weighted by atomic mass is 9.51. The van der Waals surface area contributed by atoms with E-state index in [1.807, 2.05) is 55.5 Å². The third kappa shape index (κ3) is 5.37. The minimum atomic E-state index is -1.38. The van der Waals surface area contributed by atoms with E-state index in [2.05, 4.69) is 4.98 Å². The molecule has 1 saturated carbocycles. The van der Waals surface area contributed by atoms with Crippen LogP contribution in [0.25, 0.3) is 43.2 Å². The normalized spacial score (nSPS) is 24.5. The average Bonchev–Trinajstić information content (AvgIpc) is 4.05. The van der Waals surface area contributed by atoms with Crippen molar-refractivity contribution in [3.8, 4) is 33.5 Å². The van der Waals surface area contributed by atoms with Gasteiger partial charge in [0.1, 0.15) is 28.5 Å². The number of aromatic hydroxyl groups is 1. The van der Waals surface area contributed by atoms with E-state index < -0.39 is 46.8 Å². The molecule has 12 nitrogen and oxygen atoms in total. The molecule has 7 aromatic rings. The Hall–Kier alpha value is -6.57. The number of imide groups is 2. The number of ether oxygens (including phenoxy) is 1. The summed E-state index contributed by atoms with van der Waals surface area (Å²) < 4.78 is 14.0. The Bertz CT molecular complexity index is 3100. The van der Waals surface area contributed by atoms with E-state index in [0.717, 1.165) is 31.6 Å². The van der Waals surface area contributed by atoms with Crippen LogP contribution in [0.15, 0.2) is 107 Å². The van der Waals surface area contributed by atoms with Crippen molar-refractivity contribution in [2.75, 3.05) is 16.9 Å². The van der Waals surface area contributed by atoms with Gasteiger partial charge in [-0.25, -0.2) is 9.88 Å². The average molecular weight is 864 g/mol. The number of phenolic OH excluding ortho intramolecular Hbond substituents is 1. The van der Waals surface area contributed by atoms with Gasteiger partial charge in [-0.15, -0.1) is 11.3 Å². The Morgan fingerprint density at radius 3 is 2.47 bits per heavy atom. The quantitative estimate of drug-likeness (QED) is 0.128. The van der Waals surface area contributed by atoms with Crippen molar-refractivity contribution in [1.29, 1.82) is 0 Å². The van der Waals surface area contributed by atoms with Gasteiger partial charge in [0.25, 0.3) is 0 Å². The number of oxazole rings is 1. The first-order chi connectivity index (χ1) is 29.9. The standard InChI is InChI=1S/C48H38ClN5O7S/c1-23-31-19-25(49)11-18-38(31)62-42(23)35-22-39(52(3)51-35)54-45(57)33-21-32-28(41(48(33,2)47(54)59)29-15-14-27(60-4)20-36(29)55)16-17-30-40(32)46(58)53(44(30)56)26-12-9-24(10-13-26)43-50-34-7-5-6-8-37(34)61-43/h5-16,18-20,22,30,32-33,40-41,55H,17,21H2,1-4H3. The number of para-hydroxylation sites is 2. The van der Waals surface area contributed by atoms with Crippen LogP contribution in [0.4, 0.5) is 11.5 Å². The SMILES string of the molecule is COc1ccc(C2C3=CCC4C(=O)N(c5ccc(-c6nc7ccccc7o6)cc5)C(=O)C4C3CC3C(=O)N(c4cc(-c5sc6ccc(Cl)cc6c5C)nn4C)C(=O)C32C)c(O)c1. The molecule has 11 rings (SSSR count). The summed E-state index contributed by atoms with van der Waals surface area (Å²) in [6, 6.07) is 26.9. The van der Waals surface area contributed by atoms with Crippen LogP contribution in [0.5, 0.6) is 11.5 Å². The number of halogens is 1. The number of methoxy groups -OCH3 is 1. The van der Waals surface area contributed by atoms with Crippen LogP contribution < -0.4 is 14.5 Å². The van der Waals surface area contributed by atoms with Crippen molar-refractivity contribution in [2.45, 2.75) is 32.6 Å². The van der Waals surface area contributed by atoms with Gasteiger partial charge in [-0.3, -0.25) is 28.8 Å². The van der Waals surface area contributed by atoms with E-state index in [0.29, 0.717) is 50.6 Å². The van der Waals surface area contributed by atoms with Crippen molar-refractivity contribution in [3.05, 3.63) is 119 Å². The Labute approximate surface area is 364 Å². The van der Waals surface area contributed by atoms with Gasteiger partial charge >= 0.3 is 0 Å². The number of phenols is 1. The zero-order valence-corrected chi connectivity index (χ0v) is 35.5. The van der Waals surface area contributed by atoms with Gasteiger partial charge in [-0.05, 0) is 104 Å². The number of anilines is 2. The van der Waals surface area contributed by atoms with Crippen LogP contribution in [-0.4, -0.2) is 50.6 Å². The number of hydrogen-bond donors (Lipinski definition) is 1. The van der Waals surface area contributed by atoms with Gasteiger partial charge in [-0.1, -0.05) is 41.4 Å². The Kier molecular flexibility index (Phi) is 8.49. The fourth-order valence-corrected chi connectivity index (χ4v) is 12.0. The number of allylic oxidation sites excluding steroid dienone is 2. The first kappa shape index (κ1) is 38.4. The number of rotatable bonds is 6. The van der Waals surface area contributed by atoms with Crippen LogP contribution in [0.1, 0.15) is 36.8 Å². The highest BCUT2D eigenvalue weighted by molar-refractivity contribution is 7.22. The van der Waals surface area contributed by atoms with Crippen LogP contribution >= 0.6 is 22.9 Å². The van der Waals surface area contributed by atoms with Gasteiger partial charge in [0.2, 0.25) is 29.5 Å². The zero-order chi connectivity index (χ0) is 42.9. The van der Waals surface area contributed by atoms with Crippen molar-refractivity contribution in [1.82, 2.24) is 14.8 Å². The molecule has 14 heteroatoms. The lowest BCUT2D eigenvalue weighted by molar-refractivity contribution is -0.131. The zero-order valence-electron chi connectivity index (χ0n) is 34.0. The molecule has 6 unspecified atom stereocenters. The third-order valence-corrected chi connectivity index (χ3v) is 15.2. The molecular weight excluding hydrogens is 826 g/mol. The highest BCUT2D eigenvalue weighted by Gasteiger charge is 2.68. The van der Waals surface area contributed by atoms with E-state index in [-0.39, 0.29) is 30.4 Å². The summed E-state index contributed by atoms with van der Waals surface area (Å²) in [5, 5.41) is 18.1. The van der Waals surface area contributed by atoms with E-state index in [9.17, 15) is 14.7 Å². The molecule has 5 heterocycles. The molecule has 3 aromatic heterocycles. The summed E-state index contributed by atoms with van der Waals surface area (Å²) in [4.78, 5) is 67.3. The number of amides is 4. The number of thiophene rings is 1. The second-order valence-electron chi connectivity index (χ2n) is 16.8. The molecule has 4 aliphatic rings. The van der Waals surface area contributed by atoms with Gasteiger partial charge in [0.05, 0.1) is 40.8 Å². The topological polar surface area (TPSA) is 148 Å². The first-order valence-electron chi connectivity index (χ1n) is 20.4. The summed E-state index contributed by atoms with van der Waals surface area (Å²) in [5.41, 5.74) is 3.90. The Morgan fingerprint density at radius 1 is 0.919 bits per heavy atom. The maximum Gasteiger partial charge on any atom is 0.242 e. The number of nitrogens with zero attached hydrogens (tertiary/aromatic N) is 5. The van der Waals surface area contributed by atoms with E-state index >= 15 is 9.59 Å². The predicted molar refractivity (Wildman–Crippen MR) is 235 cm³/mol. The molecule has 6 atom stereocenters. The molecule has 3 fully saturated rings. The molecule has 0 bridgehead atoms. The van der Waals surface area contributed by atoms with Gasteiger partial charge in [0, 0.05) is 45.9 Å². The van der Waals surface area contributed by atoms with E-state index in [1.54, 1.807) is 72.5 Å². The summed E-state index contributed by atoms with van der Waals surface area (Å²) in [6.45, 7) is 3.79. The maximum absolute atomic E-state index is 15.2. The monoisotopic (exact) mass is 863 g/mol. The molecular formula is C48H38ClN5O7S. The van der Waals surface area contributed by atoms with Crippen molar-refractivity contribution >= 4 is 79.3 Å². The van der Waals surface area contributed by atoms with Crippen molar-refractivity contribution < 1.29 is 33.4 Å². The van der Waals surface area contributed by atoms with Gasteiger partial charge < -0.3 is 14.3 Å². The molecule has 0 spiro atoms. The van der Waals surface area contributed by atoms with E-state index in [1.165, 1.54) is 23.0 Å². The fraction of sp³-hybridized carbons (Fsp3) is 0.250. The summed E-state index contributed by atoms with van der Waals surface area (Å²) >= 11 is 7.90.